The minimum atomic E-state index is -5.19. The van der Waals surface area contributed by atoms with Gasteiger partial charge in [0, 0.05) is 0 Å². The summed E-state index contributed by atoms with van der Waals surface area (Å²) in [7, 11) is 0. The summed E-state index contributed by atoms with van der Waals surface area (Å²) in [6.45, 7) is 4.27. The van der Waals surface area contributed by atoms with Crippen molar-refractivity contribution in [3.05, 3.63) is 66.8 Å². The Morgan fingerprint density at radius 1 is 0.864 bits per heavy atom. The molecule has 0 spiro atoms. The number of rotatable bonds is 2. The van der Waals surface area contributed by atoms with Crippen LogP contribution in [0.3, 0.4) is 0 Å². The van der Waals surface area contributed by atoms with E-state index in [0.717, 1.165) is 0 Å². The summed E-state index contributed by atoms with van der Waals surface area (Å²) in [6.07, 6.45) is -5.19. The maximum atomic E-state index is 10.5. The van der Waals surface area contributed by atoms with Crippen LogP contribution >= 0.6 is 0 Å². The predicted octanol–water partition coefficient (Wildman–Crippen LogP) is -0.270. The molecular formula is C16H14F3IO2. The summed E-state index contributed by atoms with van der Waals surface area (Å²) < 4.78 is 34.5. The number of carboxylic acid groups (broad SMARTS) is 1. The largest absolute Gasteiger partial charge is 0.542 e. The van der Waals surface area contributed by atoms with Crippen molar-refractivity contribution in [3.63, 3.8) is 0 Å². The highest BCUT2D eigenvalue weighted by Gasteiger charge is 2.28. The number of carbonyl (C=O) groups excluding carboxylic acids is 1. The molecule has 2 rings (SSSR count). The Balaban J connectivity index is 0.000000295. The lowest BCUT2D eigenvalue weighted by Crippen LogP contribution is -3.61. The Morgan fingerprint density at radius 3 is 1.36 bits per heavy atom. The Labute approximate surface area is 137 Å². The van der Waals surface area contributed by atoms with E-state index in [1.807, 2.05) is 0 Å². The van der Waals surface area contributed by atoms with E-state index in [-0.39, 0.29) is 21.2 Å². The first-order chi connectivity index (χ1) is 10.2. The number of carboxylic acids is 1. The molecule has 6 heteroatoms. The Morgan fingerprint density at radius 2 is 1.14 bits per heavy atom. The van der Waals surface area contributed by atoms with E-state index in [9.17, 15) is 13.2 Å². The van der Waals surface area contributed by atoms with Gasteiger partial charge in [0.05, 0.1) is 0 Å². The van der Waals surface area contributed by atoms with Crippen molar-refractivity contribution >= 4 is 5.97 Å². The lowest BCUT2D eigenvalue weighted by atomic mass is 10.2. The van der Waals surface area contributed by atoms with E-state index in [1.165, 1.54) is 18.3 Å². The van der Waals surface area contributed by atoms with Gasteiger partial charge in [0.25, 0.3) is 0 Å². The number of hydrogen-bond acceptors (Lipinski definition) is 2. The fraction of sp³-hybridized carbons (Fsp3) is 0.188. The molecule has 118 valence electrons. The fourth-order valence-corrected chi connectivity index (χ4v) is 3.48. The fourth-order valence-electron chi connectivity index (χ4n) is 1.32. The highest BCUT2D eigenvalue weighted by atomic mass is 127. The van der Waals surface area contributed by atoms with Crippen LogP contribution in [0.2, 0.25) is 0 Å². The minimum absolute atomic E-state index is 0.00313. The number of carbonyl (C=O) groups is 1. The van der Waals surface area contributed by atoms with Gasteiger partial charge < -0.3 is 9.90 Å². The first kappa shape index (κ1) is 18.5. The normalized spacial score (nSPS) is 10.6. The SMILES string of the molecule is Cc1ccc([I+]c2ccc(C)cc2)cc1.O=C([O-])C(F)(F)F. The first-order valence-corrected chi connectivity index (χ1v) is 8.40. The zero-order valence-electron chi connectivity index (χ0n) is 11.9. The van der Waals surface area contributed by atoms with Gasteiger partial charge in [-0.1, -0.05) is 35.4 Å². The molecule has 2 aromatic carbocycles. The molecule has 0 aliphatic rings. The topological polar surface area (TPSA) is 40.1 Å². The van der Waals surface area contributed by atoms with Crippen LogP contribution in [-0.4, -0.2) is 12.1 Å². The molecule has 0 amide bonds. The van der Waals surface area contributed by atoms with Gasteiger partial charge in [0.15, 0.2) is 7.14 Å². The Kier molecular flexibility index (Phi) is 6.86. The number of aryl methyl sites for hydroxylation is 2. The third kappa shape index (κ3) is 6.93. The zero-order chi connectivity index (χ0) is 16.8. The molecule has 0 saturated carbocycles. The first-order valence-electron chi connectivity index (χ1n) is 6.25. The van der Waals surface area contributed by atoms with E-state index >= 15 is 0 Å². The second-order valence-electron chi connectivity index (χ2n) is 4.47. The van der Waals surface area contributed by atoms with Crippen LogP contribution in [0.4, 0.5) is 13.2 Å². The lowest BCUT2D eigenvalue weighted by Gasteiger charge is -2.03. The van der Waals surface area contributed by atoms with Crippen molar-refractivity contribution in [3.8, 4) is 0 Å². The van der Waals surface area contributed by atoms with Gasteiger partial charge >= 0.3 is 27.4 Å². The summed E-state index contributed by atoms with van der Waals surface area (Å²) in [5, 5.41) is 8.78. The predicted molar refractivity (Wildman–Crippen MR) is 70.8 cm³/mol. The van der Waals surface area contributed by atoms with Crippen molar-refractivity contribution in [1.29, 1.82) is 0 Å². The van der Waals surface area contributed by atoms with Gasteiger partial charge in [-0.3, -0.25) is 0 Å². The van der Waals surface area contributed by atoms with Crippen LogP contribution in [0, 0.1) is 21.0 Å². The smallest absolute Gasteiger partial charge is 0.430 e. The van der Waals surface area contributed by atoms with Gasteiger partial charge in [-0.2, -0.15) is 13.2 Å². The van der Waals surface area contributed by atoms with Gasteiger partial charge in [-0.25, -0.2) is 0 Å². The molecule has 0 heterocycles. The monoisotopic (exact) mass is 422 g/mol. The number of alkyl halides is 3. The van der Waals surface area contributed by atoms with Crippen molar-refractivity contribution in [2.75, 3.05) is 0 Å². The Bertz CT molecular complexity index is 561. The second-order valence-corrected chi connectivity index (χ2v) is 7.50. The molecule has 0 atom stereocenters. The summed E-state index contributed by atoms with van der Waals surface area (Å²) in [5.74, 6) is -3.01. The maximum absolute atomic E-state index is 10.5. The van der Waals surface area contributed by atoms with Crippen molar-refractivity contribution in [2.45, 2.75) is 20.0 Å². The molecule has 0 aromatic heterocycles. The second kappa shape index (κ2) is 8.17. The summed E-state index contributed by atoms with van der Waals surface area (Å²) in [6, 6.07) is 17.8. The number of aliphatic carboxylic acids is 1. The number of halogens is 4. The Hall–Kier alpha value is -1.57. The standard InChI is InChI=1S/C14H14I.C2HF3O2/c1-11-3-7-13(8-4-11)15-14-9-5-12(2)6-10-14;3-2(4,5)1(6)7/h3-10H,1-2H3;(H,6,7)/q+1;/p-1. The van der Waals surface area contributed by atoms with E-state index in [0.29, 0.717) is 0 Å². The minimum Gasteiger partial charge on any atom is -0.542 e. The highest BCUT2D eigenvalue weighted by Crippen LogP contribution is 2.11. The van der Waals surface area contributed by atoms with E-state index in [4.69, 9.17) is 9.90 Å². The van der Waals surface area contributed by atoms with Gasteiger partial charge in [-0.15, -0.1) is 0 Å². The third-order valence-electron chi connectivity index (χ3n) is 2.47. The van der Waals surface area contributed by atoms with Gasteiger partial charge in [-0.05, 0) is 38.1 Å². The maximum Gasteiger partial charge on any atom is 0.430 e. The number of benzene rings is 2. The average Bonchev–Trinajstić information content (AvgIpc) is 2.43. The molecule has 2 aromatic rings. The van der Waals surface area contributed by atoms with E-state index in [2.05, 4.69) is 62.4 Å². The molecular weight excluding hydrogens is 408 g/mol. The highest BCUT2D eigenvalue weighted by molar-refractivity contribution is 5.70. The molecule has 0 N–H and O–H groups in total. The molecule has 0 radical (unpaired) electrons. The number of hydrogen-bond donors (Lipinski definition) is 0. The molecule has 22 heavy (non-hydrogen) atoms. The van der Waals surface area contributed by atoms with Crippen LogP contribution in [0.25, 0.3) is 0 Å². The average molecular weight is 422 g/mol. The molecule has 0 saturated heterocycles. The molecule has 0 aliphatic carbocycles. The lowest BCUT2D eigenvalue weighted by molar-refractivity contribution is -0.597. The van der Waals surface area contributed by atoms with Crippen LogP contribution in [0.1, 0.15) is 11.1 Å². The van der Waals surface area contributed by atoms with Gasteiger partial charge in [0.2, 0.25) is 0 Å². The van der Waals surface area contributed by atoms with Crippen molar-refractivity contribution in [1.82, 2.24) is 0 Å². The quantitative estimate of drug-likeness (QED) is 0.626. The van der Waals surface area contributed by atoms with Crippen LogP contribution < -0.4 is 26.3 Å². The van der Waals surface area contributed by atoms with Crippen LogP contribution in [0.15, 0.2) is 48.5 Å². The molecule has 0 fully saturated rings. The molecule has 2 nitrogen and oxygen atoms in total. The van der Waals surface area contributed by atoms with Gasteiger partial charge in [0.1, 0.15) is 5.97 Å². The van der Waals surface area contributed by atoms with Crippen molar-refractivity contribution < 1.29 is 44.3 Å². The third-order valence-corrected chi connectivity index (χ3v) is 5.16. The van der Waals surface area contributed by atoms with E-state index < -0.39 is 12.1 Å². The summed E-state index contributed by atoms with van der Waals surface area (Å²) >= 11 is 0.00313. The zero-order valence-corrected chi connectivity index (χ0v) is 14.1. The van der Waals surface area contributed by atoms with E-state index in [1.54, 1.807) is 0 Å². The molecule has 0 aliphatic heterocycles. The van der Waals surface area contributed by atoms with Crippen LogP contribution in [0.5, 0.6) is 0 Å². The molecule has 0 unspecified atom stereocenters. The molecule has 0 bridgehead atoms. The summed E-state index contributed by atoms with van der Waals surface area (Å²) in [4.78, 5) is 8.78. The van der Waals surface area contributed by atoms with Crippen molar-refractivity contribution in [2.24, 2.45) is 0 Å². The summed E-state index contributed by atoms with van der Waals surface area (Å²) in [5.41, 5.74) is 2.68. The van der Waals surface area contributed by atoms with Crippen LogP contribution in [-0.2, 0) is 4.79 Å².